The summed E-state index contributed by atoms with van der Waals surface area (Å²) in [5.74, 6) is 2.64. The van der Waals surface area contributed by atoms with E-state index in [9.17, 15) is 4.79 Å². The first-order valence-electron chi connectivity index (χ1n) is 10.3. The molecule has 3 aromatic rings. The molecular weight excluding hydrogens is 418 g/mol. The summed E-state index contributed by atoms with van der Waals surface area (Å²) in [5, 5.41) is 0.685. The number of piperazine rings is 1. The number of aromatic nitrogens is 1. The summed E-state index contributed by atoms with van der Waals surface area (Å²) in [5.41, 5.74) is 0.940. The Morgan fingerprint density at radius 2 is 1.77 bits per heavy atom. The van der Waals surface area contributed by atoms with Crippen LogP contribution in [0.1, 0.15) is 5.89 Å². The highest BCUT2D eigenvalue weighted by Gasteiger charge is 2.32. The highest BCUT2D eigenvalue weighted by atomic mass is 35.5. The van der Waals surface area contributed by atoms with Crippen LogP contribution in [0.5, 0.6) is 11.5 Å². The number of carbonyl (C=O) groups excluding carboxylic acids is 1. The molecule has 1 aromatic heterocycles. The molecule has 1 saturated heterocycles. The number of ether oxygens (including phenoxy) is 2. The SMILES string of the molecule is O=C(C1COc2ccccc2O1)N1CCN(Cc2ncc(-c3ccc(Cl)cc3)o2)CC1. The number of carbonyl (C=O) groups is 1. The van der Waals surface area contributed by atoms with E-state index in [1.54, 1.807) is 6.20 Å². The van der Waals surface area contributed by atoms with E-state index in [1.807, 2.05) is 53.4 Å². The van der Waals surface area contributed by atoms with E-state index >= 15 is 0 Å². The van der Waals surface area contributed by atoms with Crippen LogP contribution in [-0.4, -0.2) is 59.6 Å². The van der Waals surface area contributed by atoms with E-state index in [0.717, 1.165) is 24.4 Å². The van der Waals surface area contributed by atoms with Crippen molar-refractivity contribution in [2.75, 3.05) is 32.8 Å². The van der Waals surface area contributed by atoms with E-state index in [4.69, 9.17) is 25.5 Å². The maximum absolute atomic E-state index is 12.9. The number of halogens is 1. The van der Waals surface area contributed by atoms with Gasteiger partial charge in [0.2, 0.25) is 12.0 Å². The maximum atomic E-state index is 12.9. The maximum Gasteiger partial charge on any atom is 0.267 e. The summed E-state index contributed by atoms with van der Waals surface area (Å²) in [6.07, 6.45) is 1.13. The number of nitrogens with zero attached hydrogens (tertiary/aromatic N) is 3. The standard InChI is InChI=1S/C23H22ClN3O4/c24-17-7-5-16(6-8-17)20-13-25-22(31-20)14-26-9-11-27(12-10-26)23(28)21-15-29-18-3-1-2-4-19(18)30-21/h1-8,13,21H,9-12,14-15H2. The molecule has 1 atom stereocenters. The van der Waals surface area contributed by atoms with Crippen molar-refractivity contribution in [3.8, 4) is 22.8 Å². The fraction of sp³-hybridized carbons (Fsp3) is 0.304. The fourth-order valence-electron chi connectivity index (χ4n) is 3.79. The van der Waals surface area contributed by atoms with Crippen molar-refractivity contribution in [2.24, 2.45) is 0 Å². The second-order valence-corrected chi connectivity index (χ2v) is 8.03. The third kappa shape index (κ3) is 4.38. The first kappa shape index (κ1) is 19.9. The van der Waals surface area contributed by atoms with Gasteiger partial charge in [0.15, 0.2) is 17.3 Å². The number of para-hydroxylation sites is 2. The Balaban J connectivity index is 1.14. The van der Waals surface area contributed by atoms with Crippen molar-refractivity contribution in [2.45, 2.75) is 12.6 Å². The van der Waals surface area contributed by atoms with E-state index < -0.39 is 6.10 Å². The Morgan fingerprint density at radius 1 is 1.03 bits per heavy atom. The van der Waals surface area contributed by atoms with Crippen molar-refractivity contribution in [3.05, 3.63) is 65.6 Å². The number of hydrogen-bond acceptors (Lipinski definition) is 6. The normalized spacial score (nSPS) is 18.7. The number of amides is 1. The van der Waals surface area contributed by atoms with Gasteiger partial charge in [-0.1, -0.05) is 23.7 Å². The average molecular weight is 440 g/mol. The van der Waals surface area contributed by atoms with Crippen LogP contribution in [0.2, 0.25) is 5.02 Å². The quantitative estimate of drug-likeness (QED) is 0.620. The lowest BCUT2D eigenvalue weighted by molar-refractivity contribution is -0.143. The van der Waals surface area contributed by atoms with Gasteiger partial charge in [0.05, 0.1) is 12.7 Å². The van der Waals surface area contributed by atoms with Crippen molar-refractivity contribution < 1.29 is 18.7 Å². The van der Waals surface area contributed by atoms with Crippen LogP contribution in [0, 0.1) is 0 Å². The highest BCUT2D eigenvalue weighted by Crippen LogP contribution is 2.31. The molecule has 1 amide bonds. The molecule has 2 aliphatic heterocycles. The second kappa shape index (κ2) is 8.61. The summed E-state index contributed by atoms with van der Waals surface area (Å²) in [6.45, 7) is 3.59. The lowest BCUT2D eigenvalue weighted by atomic mass is 10.2. The Morgan fingerprint density at radius 3 is 2.55 bits per heavy atom. The van der Waals surface area contributed by atoms with Crippen LogP contribution >= 0.6 is 11.6 Å². The predicted molar refractivity (Wildman–Crippen MR) is 115 cm³/mol. The van der Waals surface area contributed by atoms with E-state index in [2.05, 4.69) is 9.88 Å². The van der Waals surface area contributed by atoms with Gasteiger partial charge < -0.3 is 18.8 Å². The molecule has 160 valence electrons. The Hall–Kier alpha value is -3.03. The van der Waals surface area contributed by atoms with Crippen LogP contribution < -0.4 is 9.47 Å². The Bertz CT molecular complexity index is 1060. The summed E-state index contributed by atoms with van der Waals surface area (Å²) in [4.78, 5) is 21.3. The molecule has 3 heterocycles. The van der Waals surface area contributed by atoms with Crippen LogP contribution in [-0.2, 0) is 11.3 Å². The zero-order chi connectivity index (χ0) is 21.2. The summed E-state index contributed by atoms with van der Waals surface area (Å²) < 4.78 is 17.4. The third-order valence-corrected chi connectivity index (χ3v) is 5.76. The summed E-state index contributed by atoms with van der Waals surface area (Å²) >= 11 is 5.94. The average Bonchev–Trinajstić information content (AvgIpc) is 3.27. The first-order valence-corrected chi connectivity index (χ1v) is 10.6. The van der Waals surface area contributed by atoms with Crippen molar-refractivity contribution in [3.63, 3.8) is 0 Å². The molecule has 0 saturated carbocycles. The van der Waals surface area contributed by atoms with E-state index in [0.29, 0.717) is 42.0 Å². The van der Waals surface area contributed by atoms with Crippen LogP contribution in [0.25, 0.3) is 11.3 Å². The Kier molecular flexibility index (Phi) is 5.53. The number of benzene rings is 2. The van der Waals surface area contributed by atoms with Gasteiger partial charge in [0, 0.05) is 36.8 Å². The topological polar surface area (TPSA) is 68.0 Å². The molecule has 2 aromatic carbocycles. The van der Waals surface area contributed by atoms with Crippen LogP contribution in [0.15, 0.2) is 59.1 Å². The Labute approximate surface area is 185 Å². The molecule has 0 N–H and O–H groups in total. The largest absolute Gasteiger partial charge is 0.485 e. The number of hydrogen-bond donors (Lipinski definition) is 0. The molecule has 1 fully saturated rings. The van der Waals surface area contributed by atoms with Gasteiger partial charge in [0.1, 0.15) is 6.61 Å². The minimum absolute atomic E-state index is 0.0321. The van der Waals surface area contributed by atoms with Crippen molar-refractivity contribution in [1.82, 2.24) is 14.8 Å². The van der Waals surface area contributed by atoms with Gasteiger partial charge in [-0.05, 0) is 36.4 Å². The van der Waals surface area contributed by atoms with Gasteiger partial charge >= 0.3 is 0 Å². The molecule has 8 heteroatoms. The van der Waals surface area contributed by atoms with Gasteiger partial charge in [0.25, 0.3) is 5.91 Å². The number of fused-ring (bicyclic) bond motifs is 1. The van der Waals surface area contributed by atoms with Crippen molar-refractivity contribution in [1.29, 1.82) is 0 Å². The minimum atomic E-state index is -0.602. The van der Waals surface area contributed by atoms with Crippen molar-refractivity contribution >= 4 is 17.5 Å². The molecular formula is C23H22ClN3O4. The minimum Gasteiger partial charge on any atom is -0.485 e. The first-order chi connectivity index (χ1) is 15.2. The molecule has 0 bridgehead atoms. The van der Waals surface area contributed by atoms with Gasteiger partial charge in [-0.25, -0.2) is 4.98 Å². The monoisotopic (exact) mass is 439 g/mol. The van der Waals surface area contributed by atoms with Gasteiger partial charge in [-0.2, -0.15) is 0 Å². The van der Waals surface area contributed by atoms with E-state index in [-0.39, 0.29) is 12.5 Å². The predicted octanol–water partition coefficient (Wildman–Crippen LogP) is 3.48. The summed E-state index contributed by atoms with van der Waals surface area (Å²) in [6, 6.07) is 14.9. The van der Waals surface area contributed by atoms with Gasteiger partial charge in [-0.15, -0.1) is 0 Å². The molecule has 31 heavy (non-hydrogen) atoms. The molecule has 0 spiro atoms. The lowest BCUT2D eigenvalue weighted by Gasteiger charge is -2.36. The molecule has 5 rings (SSSR count). The van der Waals surface area contributed by atoms with Crippen LogP contribution in [0.3, 0.4) is 0 Å². The lowest BCUT2D eigenvalue weighted by Crippen LogP contribution is -2.53. The fourth-order valence-corrected chi connectivity index (χ4v) is 3.92. The smallest absolute Gasteiger partial charge is 0.267 e. The zero-order valence-corrected chi connectivity index (χ0v) is 17.6. The van der Waals surface area contributed by atoms with Crippen LogP contribution in [0.4, 0.5) is 0 Å². The van der Waals surface area contributed by atoms with E-state index in [1.165, 1.54) is 0 Å². The molecule has 2 aliphatic rings. The second-order valence-electron chi connectivity index (χ2n) is 7.59. The molecule has 7 nitrogen and oxygen atoms in total. The molecule has 1 unspecified atom stereocenters. The highest BCUT2D eigenvalue weighted by molar-refractivity contribution is 6.30. The third-order valence-electron chi connectivity index (χ3n) is 5.51. The summed E-state index contributed by atoms with van der Waals surface area (Å²) in [7, 11) is 0. The molecule has 0 aliphatic carbocycles. The number of oxazole rings is 1. The zero-order valence-electron chi connectivity index (χ0n) is 16.9. The molecule has 0 radical (unpaired) electrons. The van der Waals surface area contributed by atoms with Gasteiger partial charge in [-0.3, -0.25) is 9.69 Å². The number of rotatable bonds is 4.